The molecule has 0 atom stereocenters. The quantitative estimate of drug-likeness (QED) is 0.699. The molecule has 0 saturated carbocycles. The molecule has 156 valence electrons. The van der Waals surface area contributed by atoms with Crippen molar-refractivity contribution in [3.63, 3.8) is 0 Å². The number of piperidine rings is 1. The summed E-state index contributed by atoms with van der Waals surface area (Å²) in [5, 5.41) is 7.01. The lowest BCUT2D eigenvalue weighted by molar-refractivity contribution is 0.103. The van der Waals surface area contributed by atoms with Gasteiger partial charge in [-0.1, -0.05) is 12.1 Å². The van der Waals surface area contributed by atoms with Crippen molar-refractivity contribution in [3.8, 4) is 17.1 Å². The Morgan fingerprint density at radius 1 is 1.13 bits per heavy atom. The predicted octanol–water partition coefficient (Wildman–Crippen LogP) is 2.77. The molecule has 1 aliphatic heterocycles. The Bertz CT molecular complexity index is 981. The Kier molecular flexibility index (Phi) is 5.87. The number of aromatic nitrogens is 4. The van der Waals surface area contributed by atoms with Crippen molar-refractivity contribution < 1.29 is 13.9 Å². The Hall–Kier alpha value is -3.49. The normalized spacial score (nSPS) is 14.5. The van der Waals surface area contributed by atoms with Gasteiger partial charge in [0.05, 0.1) is 6.20 Å². The molecular formula is C21H23FN6O2. The molecule has 0 spiro atoms. The van der Waals surface area contributed by atoms with E-state index in [-0.39, 0.29) is 18.0 Å². The van der Waals surface area contributed by atoms with Crippen LogP contribution in [-0.4, -0.2) is 49.9 Å². The first-order valence-corrected chi connectivity index (χ1v) is 9.82. The number of urea groups is 1. The van der Waals surface area contributed by atoms with Gasteiger partial charge in [0.15, 0.2) is 0 Å². The molecular weight excluding hydrogens is 387 g/mol. The summed E-state index contributed by atoms with van der Waals surface area (Å²) in [7, 11) is 1.86. The molecule has 1 saturated heterocycles. The second-order valence-electron chi connectivity index (χ2n) is 7.25. The van der Waals surface area contributed by atoms with Crippen LogP contribution in [0.25, 0.3) is 11.1 Å². The maximum absolute atomic E-state index is 12.9. The van der Waals surface area contributed by atoms with E-state index in [1.165, 1.54) is 12.1 Å². The number of nitrogens with zero attached hydrogens (tertiary/aromatic N) is 5. The maximum atomic E-state index is 12.9. The highest BCUT2D eigenvalue weighted by Gasteiger charge is 2.24. The molecule has 1 aliphatic rings. The van der Waals surface area contributed by atoms with Crippen LogP contribution < -0.4 is 10.1 Å². The first-order valence-electron chi connectivity index (χ1n) is 9.82. The number of rotatable bonds is 5. The lowest BCUT2D eigenvalue weighted by Gasteiger charge is -2.31. The van der Waals surface area contributed by atoms with Gasteiger partial charge in [-0.25, -0.2) is 19.2 Å². The second-order valence-corrected chi connectivity index (χ2v) is 7.25. The fraction of sp³-hybridized carbons (Fsp3) is 0.333. The van der Waals surface area contributed by atoms with Crippen LogP contribution in [-0.2, 0) is 13.6 Å². The largest absolute Gasteiger partial charge is 0.460 e. The fourth-order valence-electron chi connectivity index (χ4n) is 3.31. The third-order valence-electron chi connectivity index (χ3n) is 5.02. The molecule has 9 heteroatoms. The molecule has 8 nitrogen and oxygen atoms in total. The summed E-state index contributed by atoms with van der Waals surface area (Å²) in [6, 6.07) is 6.30. The van der Waals surface area contributed by atoms with E-state index in [1.807, 2.05) is 13.2 Å². The molecule has 0 unspecified atom stereocenters. The van der Waals surface area contributed by atoms with E-state index in [1.54, 1.807) is 40.3 Å². The van der Waals surface area contributed by atoms with Gasteiger partial charge in [-0.2, -0.15) is 5.10 Å². The minimum absolute atomic E-state index is 0.0320. The van der Waals surface area contributed by atoms with Crippen LogP contribution >= 0.6 is 0 Å². The van der Waals surface area contributed by atoms with Crippen molar-refractivity contribution >= 4 is 6.03 Å². The monoisotopic (exact) mass is 410 g/mol. The topological polar surface area (TPSA) is 85.2 Å². The Morgan fingerprint density at radius 2 is 1.83 bits per heavy atom. The van der Waals surface area contributed by atoms with E-state index in [4.69, 9.17) is 4.74 Å². The zero-order valence-electron chi connectivity index (χ0n) is 16.7. The van der Waals surface area contributed by atoms with E-state index in [0.29, 0.717) is 38.5 Å². The molecule has 0 radical (unpaired) electrons. The number of likely N-dealkylation sites (tertiary alicyclic amines) is 1. The van der Waals surface area contributed by atoms with E-state index >= 15 is 0 Å². The lowest BCUT2D eigenvalue weighted by atomic mass is 10.1. The van der Waals surface area contributed by atoms with Crippen molar-refractivity contribution in [2.24, 2.45) is 7.05 Å². The van der Waals surface area contributed by atoms with Crippen molar-refractivity contribution in [1.29, 1.82) is 0 Å². The molecule has 4 rings (SSSR count). The molecule has 1 N–H and O–H groups in total. The standard InChI is InChI=1S/C21H23FN6O2/c1-27-14-17(13-26-27)16-11-23-20(24-12-16)30-19-6-8-28(9-7-19)21(29)25-10-15-2-4-18(22)5-3-15/h2-5,11-14,19H,6-10H2,1H3,(H,25,29). The lowest BCUT2D eigenvalue weighted by Crippen LogP contribution is -2.46. The van der Waals surface area contributed by atoms with E-state index in [2.05, 4.69) is 20.4 Å². The Morgan fingerprint density at radius 3 is 2.47 bits per heavy atom. The number of benzene rings is 1. The average Bonchev–Trinajstić information content (AvgIpc) is 3.20. The van der Waals surface area contributed by atoms with Gasteiger partial charge in [0.2, 0.25) is 0 Å². The average molecular weight is 410 g/mol. The molecule has 1 fully saturated rings. The van der Waals surface area contributed by atoms with Gasteiger partial charge >= 0.3 is 12.0 Å². The van der Waals surface area contributed by atoms with Crippen LogP contribution in [0.3, 0.4) is 0 Å². The molecule has 2 aromatic heterocycles. The van der Waals surface area contributed by atoms with Crippen LogP contribution in [0.2, 0.25) is 0 Å². The first kappa shape index (κ1) is 19.8. The summed E-state index contributed by atoms with van der Waals surface area (Å²) >= 11 is 0. The summed E-state index contributed by atoms with van der Waals surface area (Å²) < 4.78 is 20.6. The predicted molar refractivity (Wildman–Crippen MR) is 108 cm³/mol. The van der Waals surface area contributed by atoms with Crippen molar-refractivity contribution in [2.45, 2.75) is 25.5 Å². The van der Waals surface area contributed by atoms with Gasteiger partial charge in [-0.05, 0) is 17.7 Å². The van der Waals surface area contributed by atoms with Gasteiger partial charge < -0.3 is 15.0 Å². The van der Waals surface area contributed by atoms with Crippen LogP contribution in [0, 0.1) is 5.82 Å². The van der Waals surface area contributed by atoms with Gasteiger partial charge in [-0.3, -0.25) is 4.68 Å². The van der Waals surface area contributed by atoms with Crippen LogP contribution in [0.15, 0.2) is 49.1 Å². The highest BCUT2D eigenvalue weighted by atomic mass is 19.1. The minimum Gasteiger partial charge on any atom is -0.460 e. The molecule has 2 amide bonds. The molecule has 1 aromatic carbocycles. The second kappa shape index (κ2) is 8.89. The van der Waals surface area contributed by atoms with E-state index in [0.717, 1.165) is 16.7 Å². The number of hydrogen-bond acceptors (Lipinski definition) is 5. The summed E-state index contributed by atoms with van der Waals surface area (Å²) in [4.78, 5) is 22.7. The first-order chi connectivity index (χ1) is 14.6. The number of ether oxygens (including phenoxy) is 1. The number of aryl methyl sites for hydroxylation is 1. The van der Waals surface area contributed by atoms with Gasteiger partial charge in [0.1, 0.15) is 11.9 Å². The maximum Gasteiger partial charge on any atom is 0.317 e. The highest BCUT2D eigenvalue weighted by Crippen LogP contribution is 2.20. The van der Waals surface area contributed by atoms with Crippen LogP contribution in [0.1, 0.15) is 18.4 Å². The number of halogens is 1. The van der Waals surface area contributed by atoms with Crippen LogP contribution in [0.4, 0.5) is 9.18 Å². The molecule has 3 aromatic rings. The molecule has 0 bridgehead atoms. The Balaban J connectivity index is 1.23. The summed E-state index contributed by atoms with van der Waals surface area (Å²) in [5.74, 6) is -0.289. The fourth-order valence-corrected chi connectivity index (χ4v) is 3.31. The number of nitrogens with one attached hydrogen (secondary N) is 1. The van der Waals surface area contributed by atoms with Gasteiger partial charge in [-0.15, -0.1) is 0 Å². The SMILES string of the molecule is Cn1cc(-c2cnc(OC3CCN(C(=O)NCc4ccc(F)cc4)CC3)nc2)cn1. The number of amides is 2. The number of carbonyl (C=O) groups excluding carboxylic acids is 1. The summed E-state index contributed by atoms with van der Waals surface area (Å²) in [6.45, 7) is 1.55. The summed E-state index contributed by atoms with van der Waals surface area (Å²) in [6.07, 6.45) is 8.48. The smallest absolute Gasteiger partial charge is 0.317 e. The van der Waals surface area contributed by atoms with Gasteiger partial charge in [0, 0.05) is 69.2 Å². The van der Waals surface area contributed by atoms with Gasteiger partial charge in [0.25, 0.3) is 0 Å². The molecule has 3 heterocycles. The van der Waals surface area contributed by atoms with Crippen molar-refractivity contribution in [3.05, 3.63) is 60.4 Å². The Labute approximate surface area is 173 Å². The van der Waals surface area contributed by atoms with E-state index in [9.17, 15) is 9.18 Å². The van der Waals surface area contributed by atoms with Crippen molar-refractivity contribution in [1.82, 2.24) is 30.0 Å². The summed E-state index contributed by atoms with van der Waals surface area (Å²) in [5.41, 5.74) is 2.68. The molecule has 0 aliphatic carbocycles. The van der Waals surface area contributed by atoms with E-state index < -0.39 is 0 Å². The molecule has 30 heavy (non-hydrogen) atoms. The zero-order valence-corrected chi connectivity index (χ0v) is 16.7. The highest BCUT2D eigenvalue weighted by molar-refractivity contribution is 5.74. The van der Waals surface area contributed by atoms with Crippen molar-refractivity contribution in [2.75, 3.05) is 13.1 Å². The van der Waals surface area contributed by atoms with Crippen LogP contribution in [0.5, 0.6) is 6.01 Å². The number of hydrogen-bond donors (Lipinski definition) is 1. The minimum atomic E-state index is -0.289. The third-order valence-corrected chi connectivity index (χ3v) is 5.02. The third kappa shape index (κ3) is 4.91. The zero-order chi connectivity index (χ0) is 20.9. The number of carbonyl (C=O) groups is 1.